The van der Waals surface area contributed by atoms with Gasteiger partial charge in [0.1, 0.15) is 5.82 Å². The normalized spacial score (nSPS) is 20.5. The van der Waals surface area contributed by atoms with Gasteiger partial charge in [0.2, 0.25) is 5.91 Å². The smallest absolute Gasteiger partial charge is 0.239 e. The SMILES string of the molecule is C[C@@H](C(=O)N(C)C)N1CCC[C@@H](C(=O)c2ccc(F)cc2)C1. The zero-order valence-electron chi connectivity index (χ0n) is 13.4. The molecule has 22 heavy (non-hydrogen) atoms. The van der Waals surface area contributed by atoms with Crippen molar-refractivity contribution in [3.8, 4) is 0 Å². The molecule has 0 bridgehead atoms. The number of amides is 1. The van der Waals surface area contributed by atoms with Gasteiger partial charge in [0.15, 0.2) is 5.78 Å². The molecule has 0 aromatic heterocycles. The van der Waals surface area contributed by atoms with Crippen LogP contribution in [0.2, 0.25) is 0 Å². The van der Waals surface area contributed by atoms with Gasteiger partial charge in [-0.2, -0.15) is 0 Å². The number of likely N-dealkylation sites (tertiary alicyclic amines) is 1. The molecule has 2 atom stereocenters. The minimum absolute atomic E-state index is 0.0363. The van der Waals surface area contributed by atoms with Crippen molar-refractivity contribution in [1.82, 2.24) is 9.80 Å². The van der Waals surface area contributed by atoms with E-state index in [-0.39, 0.29) is 29.5 Å². The average molecular weight is 306 g/mol. The summed E-state index contributed by atoms with van der Waals surface area (Å²) < 4.78 is 13.0. The van der Waals surface area contributed by atoms with Gasteiger partial charge in [-0.15, -0.1) is 0 Å². The molecule has 0 aliphatic carbocycles. The maximum Gasteiger partial charge on any atom is 0.239 e. The zero-order valence-corrected chi connectivity index (χ0v) is 13.4. The summed E-state index contributed by atoms with van der Waals surface area (Å²) in [5.41, 5.74) is 0.542. The molecule has 1 heterocycles. The van der Waals surface area contributed by atoms with Crippen LogP contribution in [0.25, 0.3) is 0 Å². The minimum Gasteiger partial charge on any atom is -0.347 e. The van der Waals surface area contributed by atoms with Gasteiger partial charge in [0, 0.05) is 32.1 Å². The number of hydrogen-bond donors (Lipinski definition) is 0. The second-order valence-electron chi connectivity index (χ2n) is 6.11. The molecule has 1 aromatic rings. The highest BCUT2D eigenvalue weighted by atomic mass is 19.1. The monoisotopic (exact) mass is 306 g/mol. The molecule has 0 spiro atoms. The van der Waals surface area contributed by atoms with Crippen LogP contribution in [0.15, 0.2) is 24.3 Å². The fourth-order valence-corrected chi connectivity index (χ4v) is 2.95. The van der Waals surface area contributed by atoms with Gasteiger partial charge in [-0.05, 0) is 50.6 Å². The number of piperidine rings is 1. The summed E-state index contributed by atoms with van der Waals surface area (Å²) in [6.07, 6.45) is 1.71. The zero-order chi connectivity index (χ0) is 16.3. The molecule has 4 nitrogen and oxygen atoms in total. The molecule has 1 saturated heterocycles. The lowest BCUT2D eigenvalue weighted by Crippen LogP contribution is -2.49. The van der Waals surface area contributed by atoms with Crippen molar-refractivity contribution >= 4 is 11.7 Å². The number of benzene rings is 1. The highest BCUT2D eigenvalue weighted by molar-refractivity contribution is 5.98. The number of halogens is 1. The highest BCUT2D eigenvalue weighted by Crippen LogP contribution is 2.23. The van der Waals surface area contributed by atoms with E-state index in [1.165, 1.54) is 24.3 Å². The first kappa shape index (κ1) is 16.6. The number of ketones is 1. The quantitative estimate of drug-likeness (QED) is 0.801. The maximum absolute atomic E-state index is 13.0. The molecule has 1 aliphatic heterocycles. The van der Waals surface area contributed by atoms with Gasteiger partial charge in [-0.1, -0.05) is 0 Å². The van der Waals surface area contributed by atoms with Gasteiger partial charge in [-0.3, -0.25) is 14.5 Å². The molecule has 1 aliphatic rings. The van der Waals surface area contributed by atoms with E-state index in [0.29, 0.717) is 12.1 Å². The number of carbonyl (C=O) groups excluding carboxylic acids is 2. The first-order valence-corrected chi connectivity index (χ1v) is 7.65. The van der Waals surface area contributed by atoms with Gasteiger partial charge in [0.05, 0.1) is 6.04 Å². The second-order valence-corrected chi connectivity index (χ2v) is 6.11. The fraction of sp³-hybridized carbons (Fsp3) is 0.529. The van der Waals surface area contributed by atoms with E-state index in [1.54, 1.807) is 19.0 Å². The molecule has 0 radical (unpaired) electrons. The number of likely N-dealkylation sites (N-methyl/N-ethyl adjacent to an activating group) is 1. The van der Waals surface area contributed by atoms with Crippen LogP contribution >= 0.6 is 0 Å². The summed E-state index contributed by atoms with van der Waals surface area (Å²) in [7, 11) is 3.48. The number of nitrogens with zero attached hydrogens (tertiary/aromatic N) is 2. The number of hydrogen-bond acceptors (Lipinski definition) is 3. The summed E-state index contributed by atoms with van der Waals surface area (Å²) in [5, 5.41) is 0. The molecular weight excluding hydrogens is 283 g/mol. The summed E-state index contributed by atoms with van der Waals surface area (Å²) in [4.78, 5) is 28.3. The Morgan fingerprint density at radius 2 is 1.91 bits per heavy atom. The molecule has 2 rings (SSSR count). The summed E-state index contributed by atoms with van der Waals surface area (Å²) in [5.74, 6) is -0.382. The molecule has 1 aromatic carbocycles. The number of Topliss-reactive ketones (excluding diaryl/α,β-unsaturated/α-hetero) is 1. The van der Waals surface area contributed by atoms with Crippen LogP contribution in [0.4, 0.5) is 4.39 Å². The Labute approximate surface area is 130 Å². The Kier molecular flexibility index (Phi) is 5.29. The third-order valence-corrected chi connectivity index (χ3v) is 4.30. The largest absolute Gasteiger partial charge is 0.347 e. The Morgan fingerprint density at radius 1 is 1.27 bits per heavy atom. The summed E-state index contributed by atoms with van der Waals surface area (Å²) in [6.45, 7) is 3.29. The molecule has 0 N–H and O–H groups in total. The maximum atomic E-state index is 13.0. The van der Waals surface area contributed by atoms with Crippen molar-refractivity contribution in [1.29, 1.82) is 0 Å². The van der Waals surface area contributed by atoms with Crippen LogP contribution in [0.1, 0.15) is 30.1 Å². The van der Waals surface area contributed by atoms with Gasteiger partial charge < -0.3 is 4.90 Å². The van der Waals surface area contributed by atoms with Gasteiger partial charge >= 0.3 is 0 Å². The van der Waals surface area contributed by atoms with Crippen LogP contribution in [0.5, 0.6) is 0 Å². The van der Waals surface area contributed by atoms with Crippen LogP contribution in [0, 0.1) is 11.7 Å². The fourth-order valence-electron chi connectivity index (χ4n) is 2.95. The van der Waals surface area contributed by atoms with Gasteiger partial charge in [0.25, 0.3) is 0 Å². The van der Waals surface area contributed by atoms with Crippen molar-refractivity contribution in [3.05, 3.63) is 35.6 Å². The van der Waals surface area contributed by atoms with Crippen molar-refractivity contribution in [3.63, 3.8) is 0 Å². The average Bonchev–Trinajstić information content (AvgIpc) is 2.53. The van der Waals surface area contributed by atoms with Crippen LogP contribution < -0.4 is 0 Å². The summed E-state index contributed by atoms with van der Waals surface area (Å²) >= 11 is 0. The molecule has 1 amide bonds. The predicted molar refractivity (Wildman–Crippen MR) is 83.2 cm³/mol. The third kappa shape index (κ3) is 3.71. The Bertz CT molecular complexity index is 542. The summed E-state index contributed by atoms with van der Waals surface area (Å²) in [6, 6.07) is 5.47. The first-order valence-electron chi connectivity index (χ1n) is 7.65. The molecular formula is C17H23FN2O2. The van der Waals surface area contributed by atoms with Crippen molar-refractivity contribution in [2.24, 2.45) is 5.92 Å². The van der Waals surface area contributed by atoms with Crippen LogP contribution in [-0.4, -0.2) is 54.7 Å². The van der Waals surface area contributed by atoms with Gasteiger partial charge in [-0.25, -0.2) is 4.39 Å². The van der Waals surface area contributed by atoms with E-state index in [2.05, 4.69) is 4.90 Å². The number of rotatable bonds is 4. The highest BCUT2D eigenvalue weighted by Gasteiger charge is 2.31. The minimum atomic E-state index is -0.341. The van der Waals surface area contributed by atoms with Crippen LogP contribution in [-0.2, 0) is 4.79 Å². The Hall–Kier alpha value is -1.75. The van der Waals surface area contributed by atoms with E-state index in [1.807, 2.05) is 6.92 Å². The molecule has 120 valence electrons. The van der Waals surface area contributed by atoms with E-state index in [4.69, 9.17) is 0 Å². The van der Waals surface area contributed by atoms with Crippen molar-refractivity contribution < 1.29 is 14.0 Å². The van der Waals surface area contributed by atoms with E-state index in [0.717, 1.165) is 19.4 Å². The Balaban J connectivity index is 2.05. The molecule has 0 saturated carbocycles. The predicted octanol–water partition coefficient (Wildman–Crippen LogP) is 2.20. The first-order chi connectivity index (χ1) is 10.4. The van der Waals surface area contributed by atoms with E-state index < -0.39 is 0 Å². The topological polar surface area (TPSA) is 40.6 Å². The Morgan fingerprint density at radius 3 is 2.50 bits per heavy atom. The van der Waals surface area contributed by atoms with E-state index >= 15 is 0 Å². The van der Waals surface area contributed by atoms with Crippen molar-refractivity contribution in [2.45, 2.75) is 25.8 Å². The van der Waals surface area contributed by atoms with Crippen LogP contribution in [0.3, 0.4) is 0 Å². The lowest BCUT2D eigenvalue weighted by molar-refractivity contribution is -0.134. The molecule has 5 heteroatoms. The van der Waals surface area contributed by atoms with Crippen molar-refractivity contribution in [2.75, 3.05) is 27.2 Å². The number of carbonyl (C=O) groups is 2. The molecule has 1 fully saturated rings. The van der Waals surface area contributed by atoms with E-state index in [9.17, 15) is 14.0 Å². The molecule has 0 unspecified atom stereocenters. The lowest BCUT2D eigenvalue weighted by atomic mass is 9.89. The third-order valence-electron chi connectivity index (χ3n) is 4.30. The second kappa shape index (κ2) is 7.01. The standard InChI is InChI=1S/C17H23FN2O2/c1-12(17(22)19(2)3)20-10-4-5-14(11-20)16(21)13-6-8-15(18)9-7-13/h6-9,12,14H,4-5,10-11H2,1-3H3/t12-,14+/m0/s1. The lowest BCUT2D eigenvalue weighted by Gasteiger charge is -2.36.